The van der Waals surface area contributed by atoms with Gasteiger partial charge in [-0.25, -0.2) is 4.79 Å². The van der Waals surface area contributed by atoms with Gasteiger partial charge in [-0.2, -0.15) is 0 Å². The third-order valence-electron chi connectivity index (χ3n) is 1.98. The molecule has 15 heavy (non-hydrogen) atoms. The maximum Gasteiger partial charge on any atom is 0.382 e. The quantitative estimate of drug-likeness (QED) is 0.536. The summed E-state index contributed by atoms with van der Waals surface area (Å²) in [7, 11) is 0. The van der Waals surface area contributed by atoms with E-state index in [0.29, 0.717) is 0 Å². The zero-order chi connectivity index (χ0) is 11.4. The minimum Gasteiger partial charge on any atom is -0.472 e. The monoisotopic (exact) mass is 206 g/mol. The zero-order valence-corrected chi connectivity index (χ0v) is 9.31. The van der Waals surface area contributed by atoms with Crippen molar-refractivity contribution >= 4 is 5.97 Å². The van der Waals surface area contributed by atoms with Gasteiger partial charge in [0.25, 0.3) is 0 Å². The Morgan fingerprint density at radius 3 is 2.40 bits per heavy atom. The number of unbranched alkanes of at least 4 members (excludes halogenated alkanes) is 6. The van der Waals surface area contributed by atoms with Gasteiger partial charge in [0.1, 0.15) is 0 Å². The van der Waals surface area contributed by atoms with Crippen molar-refractivity contribution in [1.29, 1.82) is 0 Å². The molecule has 82 valence electrons. The fraction of sp³-hybridized carbons (Fsp3) is 0.615. The van der Waals surface area contributed by atoms with Crippen molar-refractivity contribution < 1.29 is 9.90 Å². The van der Waals surface area contributed by atoms with Crippen molar-refractivity contribution in [2.45, 2.75) is 51.9 Å². The van der Waals surface area contributed by atoms with Crippen LogP contribution in [0.5, 0.6) is 0 Å². The van der Waals surface area contributed by atoms with Crippen LogP contribution in [-0.4, -0.2) is 11.1 Å². The number of carbonyl (C=O) groups is 1. The Morgan fingerprint density at radius 2 is 1.73 bits per heavy atom. The zero-order valence-electron chi connectivity index (χ0n) is 9.31. The number of hydrogen-bond donors (Lipinski definition) is 1. The summed E-state index contributed by atoms with van der Waals surface area (Å²) < 4.78 is 0. The molecule has 0 aliphatic rings. The van der Waals surface area contributed by atoms with Crippen LogP contribution < -0.4 is 0 Å². The third-order valence-corrected chi connectivity index (χ3v) is 1.98. The molecule has 0 aliphatic carbocycles. The average Bonchev–Trinajstić information content (AvgIpc) is 2.20. The van der Waals surface area contributed by atoms with E-state index in [2.05, 4.69) is 24.7 Å². The first-order chi connectivity index (χ1) is 7.27. The number of carboxylic acids is 1. The molecule has 0 aliphatic heterocycles. The highest BCUT2D eigenvalue weighted by Gasteiger charge is 1.87. The van der Waals surface area contributed by atoms with Crippen molar-refractivity contribution in [3.05, 3.63) is 0 Å². The van der Waals surface area contributed by atoms with Gasteiger partial charge < -0.3 is 5.11 Å². The predicted octanol–water partition coefficient (Wildman–Crippen LogP) is 2.83. The topological polar surface area (TPSA) is 37.3 Å². The highest BCUT2D eigenvalue weighted by Crippen LogP contribution is 2.05. The first-order valence-electron chi connectivity index (χ1n) is 5.49. The van der Waals surface area contributed by atoms with Crippen molar-refractivity contribution in [2.24, 2.45) is 0 Å². The summed E-state index contributed by atoms with van der Waals surface area (Å²) in [6.45, 7) is 2.20. The molecule has 0 unspecified atom stereocenters. The third kappa shape index (κ3) is 12.6. The van der Waals surface area contributed by atoms with E-state index in [1.807, 2.05) is 5.92 Å². The van der Waals surface area contributed by atoms with Crippen molar-refractivity contribution in [3.8, 4) is 23.7 Å². The molecule has 0 aromatic rings. The summed E-state index contributed by atoms with van der Waals surface area (Å²) >= 11 is 0. The molecular weight excluding hydrogens is 188 g/mol. The Bertz CT molecular complexity index is 283. The summed E-state index contributed by atoms with van der Waals surface area (Å²) in [5.74, 6) is 8.49. The fourth-order valence-corrected chi connectivity index (χ4v) is 1.19. The Kier molecular flexibility index (Phi) is 9.67. The predicted molar refractivity (Wildman–Crippen MR) is 61.2 cm³/mol. The highest BCUT2D eigenvalue weighted by molar-refractivity contribution is 5.87. The maximum atomic E-state index is 9.99. The molecular formula is C13H18O2. The summed E-state index contributed by atoms with van der Waals surface area (Å²) in [6.07, 6.45) is 8.28. The molecule has 0 rings (SSSR count). The minimum atomic E-state index is -1.12. The Morgan fingerprint density at radius 1 is 1.07 bits per heavy atom. The largest absolute Gasteiger partial charge is 0.472 e. The van der Waals surface area contributed by atoms with Crippen LogP contribution >= 0.6 is 0 Å². The van der Waals surface area contributed by atoms with Crippen LogP contribution in [0.2, 0.25) is 0 Å². The van der Waals surface area contributed by atoms with E-state index in [0.717, 1.165) is 12.8 Å². The molecule has 2 heteroatoms. The van der Waals surface area contributed by atoms with Gasteiger partial charge in [-0.15, -0.1) is 0 Å². The molecule has 0 spiro atoms. The van der Waals surface area contributed by atoms with Crippen LogP contribution in [0.4, 0.5) is 0 Å². The lowest BCUT2D eigenvalue weighted by atomic mass is 10.1. The molecule has 1 N–H and O–H groups in total. The summed E-state index contributed by atoms with van der Waals surface area (Å²) in [6, 6.07) is 0. The normalized spacial score (nSPS) is 8.33. The minimum absolute atomic E-state index is 0.820. The van der Waals surface area contributed by atoms with E-state index in [4.69, 9.17) is 5.11 Å². The second kappa shape index (κ2) is 10.7. The second-order valence-corrected chi connectivity index (χ2v) is 3.37. The lowest BCUT2D eigenvalue weighted by Crippen LogP contribution is -1.85. The Balaban J connectivity index is 3.31. The van der Waals surface area contributed by atoms with Crippen molar-refractivity contribution in [1.82, 2.24) is 0 Å². The molecule has 0 aromatic heterocycles. The van der Waals surface area contributed by atoms with Crippen LogP contribution in [-0.2, 0) is 4.79 Å². The average molecular weight is 206 g/mol. The van der Waals surface area contributed by atoms with Gasteiger partial charge in [0, 0.05) is 12.3 Å². The lowest BCUT2D eigenvalue weighted by molar-refractivity contribution is -0.130. The van der Waals surface area contributed by atoms with E-state index in [-0.39, 0.29) is 0 Å². The van der Waals surface area contributed by atoms with Crippen LogP contribution in [0.15, 0.2) is 0 Å². The van der Waals surface area contributed by atoms with Crippen LogP contribution in [0, 0.1) is 23.7 Å². The first kappa shape index (κ1) is 13.6. The smallest absolute Gasteiger partial charge is 0.382 e. The molecule has 0 atom stereocenters. The van der Waals surface area contributed by atoms with Gasteiger partial charge in [-0.1, -0.05) is 44.9 Å². The van der Waals surface area contributed by atoms with E-state index in [1.165, 1.54) is 32.1 Å². The lowest BCUT2D eigenvalue weighted by Gasteiger charge is -1.96. The van der Waals surface area contributed by atoms with E-state index < -0.39 is 5.97 Å². The molecule has 0 bridgehead atoms. The van der Waals surface area contributed by atoms with Gasteiger partial charge in [0.05, 0.1) is 0 Å². The molecule has 0 aromatic carbocycles. The van der Waals surface area contributed by atoms with Crippen molar-refractivity contribution in [2.75, 3.05) is 0 Å². The van der Waals surface area contributed by atoms with Gasteiger partial charge in [-0.3, -0.25) is 0 Å². The van der Waals surface area contributed by atoms with Crippen LogP contribution in [0.3, 0.4) is 0 Å². The molecule has 0 radical (unpaired) electrons. The van der Waals surface area contributed by atoms with Crippen LogP contribution in [0.1, 0.15) is 51.9 Å². The SMILES string of the molecule is CCCCCCCCC#CC#CC(=O)O. The Labute approximate surface area is 92.1 Å². The highest BCUT2D eigenvalue weighted by atomic mass is 16.4. The molecule has 0 saturated heterocycles. The van der Waals surface area contributed by atoms with E-state index >= 15 is 0 Å². The number of carboxylic acid groups (broad SMARTS) is 1. The number of aliphatic carboxylic acids is 1. The van der Waals surface area contributed by atoms with Gasteiger partial charge >= 0.3 is 5.97 Å². The molecule has 0 fully saturated rings. The van der Waals surface area contributed by atoms with Gasteiger partial charge in [0.2, 0.25) is 0 Å². The van der Waals surface area contributed by atoms with Crippen LogP contribution in [0.25, 0.3) is 0 Å². The van der Waals surface area contributed by atoms with Gasteiger partial charge in [0.15, 0.2) is 0 Å². The molecule has 0 heterocycles. The Hall–Kier alpha value is -1.41. The molecule has 0 amide bonds. The summed E-state index contributed by atoms with van der Waals surface area (Å²) in [5.41, 5.74) is 0. The molecule has 0 saturated carbocycles. The number of rotatable bonds is 6. The van der Waals surface area contributed by atoms with E-state index in [9.17, 15) is 4.79 Å². The molecule has 2 nitrogen and oxygen atoms in total. The van der Waals surface area contributed by atoms with Gasteiger partial charge in [-0.05, 0) is 18.3 Å². The van der Waals surface area contributed by atoms with Crippen molar-refractivity contribution in [3.63, 3.8) is 0 Å². The fourth-order valence-electron chi connectivity index (χ4n) is 1.19. The van der Waals surface area contributed by atoms with E-state index in [1.54, 1.807) is 0 Å². The number of hydrogen-bond acceptors (Lipinski definition) is 1. The summed E-state index contributed by atoms with van der Waals surface area (Å²) in [4.78, 5) is 9.99. The summed E-state index contributed by atoms with van der Waals surface area (Å²) in [5, 5.41) is 8.20. The maximum absolute atomic E-state index is 9.99. The second-order valence-electron chi connectivity index (χ2n) is 3.37. The standard InChI is InChI=1S/C13H18O2/c1-2-3-4-5-6-7-8-9-10-11-12-13(14)15/h2-8H2,1H3,(H,14,15). The first-order valence-corrected chi connectivity index (χ1v) is 5.49.